The molecule has 3 rings (SSSR count). The van der Waals surface area contributed by atoms with E-state index < -0.39 is 60.2 Å². The van der Waals surface area contributed by atoms with Crippen molar-refractivity contribution in [3.63, 3.8) is 0 Å². The maximum absolute atomic E-state index is 14.2. The monoisotopic (exact) mass is 851 g/mol. The highest BCUT2D eigenvalue weighted by Crippen LogP contribution is 2.29. The molecule has 1 fully saturated rings. The molecule has 4 amide bonds. The second kappa shape index (κ2) is 24.8. The van der Waals surface area contributed by atoms with Crippen molar-refractivity contribution in [2.45, 2.75) is 129 Å². The number of carboxylic acid groups (broad SMARTS) is 1. The summed E-state index contributed by atoms with van der Waals surface area (Å²) in [5.74, 6) is -3.47. The second-order valence-electron chi connectivity index (χ2n) is 17.4. The van der Waals surface area contributed by atoms with Crippen molar-refractivity contribution < 1.29 is 38.6 Å². The van der Waals surface area contributed by atoms with Crippen LogP contribution >= 0.6 is 0 Å². The van der Waals surface area contributed by atoms with E-state index in [0.29, 0.717) is 32.4 Å². The third kappa shape index (κ3) is 14.5. The molecule has 61 heavy (non-hydrogen) atoms. The minimum absolute atomic E-state index is 0.0184. The van der Waals surface area contributed by atoms with E-state index in [-0.39, 0.29) is 48.3 Å². The Morgan fingerprint density at radius 2 is 1.49 bits per heavy atom. The molecule has 9 atom stereocenters. The van der Waals surface area contributed by atoms with Gasteiger partial charge in [0.15, 0.2) is 0 Å². The van der Waals surface area contributed by atoms with Crippen LogP contribution in [0.4, 0.5) is 5.69 Å². The van der Waals surface area contributed by atoms with Gasteiger partial charge in [-0.25, -0.2) is 4.79 Å². The number of likely N-dealkylation sites (N-methyl/N-ethyl adjacent to an activating group) is 1. The van der Waals surface area contributed by atoms with E-state index in [4.69, 9.17) is 9.47 Å². The zero-order chi connectivity index (χ0) is 45.4. The van der Waals surface area contributed by atoms with Gasteiger partial charge in [0, 0.05) is 46.5 Å². The molecule has 4 unspecified atom stereocenters. The van der Waals surface area contributed by atoms with Gasteiger partial charge >= 0.3 is 5.97 Å². The number of aliphatic carboxylic acids is 1. The quantitative estimate of drug-likeness (QED) is 0.0937. The van der Waals surface area contributed by atoms with E-state index in [1.165, 1.54) is 14.2 Å². The normalized spacial score (nSPS) is 18.1. The minimum atomic E-state index is -1.14. The summed E-state index contributed by atoms with van der Waals surface area (Å²) in [4.78, 5) is 71.8. The third-order valence-corrected chi connectivity index (χ3v) is 12.3. The SMILES string of the molecule is CC[C@H](C)[C@H](NC(=O)C(NC(=O)C(C(C)C)N(C)CCc1ccc(NC)cc1)C(C)C)[C@@H](CC(=O)N1CCCC1[C@H](OC)[C@@H](C)C(=O)NC(Cc1ccccc1)C(=O)O)OC. The summed E-state index contributed by atoms with van der Waals surface area (Å²) in [5.41, 5.74) is 2.98. The fourth-order valence-electron chi connectivity index (χ4n) is 8.46. The second-order valence-corrected chi connectivity index (χ2v) is 17.4. The van der Waals surface area contributed by atoms with Gasteiger partial charge in [0.2, 0.25) is 23.6 Å². The molecule has 0 spiro atoms. The van der Waals surface area contributed by atoms with E-state index in [1.807, 2.05) is 103 Å². The van der Waals surface area contributed by atoms with Gasteiger partial charge in [0.25, 0.3) is 0 Å². The van der Waals surface area contributed by atoms with Gasteiger partial charge < -0.3 is 40.7 Å². The van der Waals surface area contributed by atoms with Gasteiger partial charge in [-0.1, -0.05) is 97.4 Å². The molecular formula is C47H74N6O8. The molecule has 340 valence electrons. The highest BCUT2D eigenvalue weighted by Gasteiger charge is 2.42. The molecule has 0 saturated carbocycles. The molecule has 1 aliphatic rings. The number of hydrogen-bond acceptors (Lipinski definition) is 9. The number of anilines is 1. The molecule has 2 aromatic rings. The molecular weight excluding hydrogens is 777 g/mol. The average Bonchev–Trinajstić information content (AvgIpc) is 3.72. The van der Waals surface area contributed by atoms with Crippen molar-refractivity contribution in [3.8, 4) is 0 Å². The molecule has 0 radical (unpaired) electrons. The first-order chi connectivity index (χ1) is 29.0. The first kappa shape index (κ1) is 50.8. The van der Waals surface area contributed by atoms with Crippen molar-refractivity contribution in [1.29, 1.82) is 0 Å². The molecule has 1 saturated heterocycles. The Bertz CT molecular complexity index is 1690. The molecule has 1 aliphatic heterocycles. The lowest BCUT2D eigenvalue weighted by atomic mass is 9.90. The van der Waals surface area contributed by atoms with Gasteiger partial charge in [0.1, 0.15) is 12.1 Å². The molecule has 14 nitrogen and oxygen atoms in total. The Labute approximate surface area is 364 Å². The zero-order valence-corrected chi connectivity index (χ0v) is 38.4. The third-order valence-electron chi connectivity index (χ3n) is 12.3. The molecule has 0 aromatic heterocycles. The molecule has 0 aliphatic carbocycles. The van der Waals surface area contributed by atoms with Crippen LogP contribution in [0.5, 0.6) is 0 Å². The smallest absolute Gasteiger partial charge is 0.326 e. The average molecular weight is 851 g/mol. The summed E-state index contributed by atoms with van der Waals surface area (Å²) in [7, 11) is 6.84. The Kier molecular flexibility index (Phi) is 20.7. The van der Waals surface area contributed by atoms with E-state index in [0.717, 1.165) is 23.2 Å². The van der Waals surface area contributed by atoms with Gasteiger partial charge in [-0.3, -0.25) is 24.1 Å². The Morgan fingerprint density at radius 1 is 0.836 bits per heavy atom. The van der Waals surface area contributed by atoms with Crippen molar-refractivity contribution in [3.05, 3.63) is 65.7 Å². The lowest BCUT2D eigenvalue weighted by Gasteiger charge is -2.37. The summed E-state index contributed by atoms with van der Waals surface area (Å²) >= 11 is 0. The van der Waals surface area contributed by atoms with Gasteiger partial charge in [0.05, 0.1) is 42.7 Å². The number of ether oxygens (including phenoxy) is 2. The van der Waals surface area contributed by atoms with Crippen molar-refractivity contribution in [1.82, 2.24) is 25.8 Å². The topological polar surface area (TPSA) is 179 Å². The van der Waals surface area contributed by atoms with Crippen LogP contribution < -0.4 is 21.3 Å². The Morgan fingerprint density at radius 3 is 2.03 bits per heavy atom. The van der Waals surface area contributed by atoms with Gasteiger partial charge in [-0.05, 0) is 67.3 Å². The van der Waals surface area contributed by atoms with E-state index >= 15 is 0 Å². The fourth-order valence-corrected chi connectivity index (χ4v) is 8.46. The summed E-state index contributed by atoms with van der Waals surface area (Å²) in [6.45, 7) is 14.6. The van der Waals surface area contributed by atoms with Crippen molar-refractivity contribution in [2.24, 2.45) is 23.7 Å². The predicted molar refractivity (Wildman–Crippen MR) is 239 cm³/mol. The van der Waals surface area contributed by atoms with E-state index in [9.17, 15) is 29.1 Å². The maximum Gasteiger partial charge on any atom is 0.326 e. The molecule has 5 N–H and O–H groups in total. The minimum Gasteiger partial charge on any atom is -0.480 e. The van der Waals surface area contributed by atoms with Crippen LogP contribution in [-0.4, -0.2) is 128 Å². The highest BCUT2D eigenvalue weighted by atomic mass is 16.5. The standard InChI is InChI=1S/C47H74N6O8/c1-12-31(6)41(51-45(56)40(29(2)3)50-46(57)42(30(4)5)52(9)26-24-33-20-22-35(48-8)23-21-33)38(60-10)28-39(54)53-25-16-19-37(53)43(61-11)32(7)44(55)49-36(47(58)59)27-34-17-14-13-15-18-34/h13-15,17-18,20-23,29-32,36-38,40-43,48H,12,16,19,24-28H2,1-11H3,(H,49,55)(H,50,57)(H,51,56)(H,58,59)/t31-,32+,36?,37?,38+,40?,41-,42?,43+/m0/s1. The van der Waals surface area contributed by atoms with Crippen molar-refractivity contribution in [2.75, 3.05) is 46.7 Å². The number of amides is 4. The number of nitrogens with one attached hydrogen (secondary N) is 4. The predicted octanol–water partition coefficient (Wildman–Crippen LogP) is 4.76. The number of carboxylic acids is 1. The summed E-state index contributed by atoms with van der Waals surface area (Å²) in [5, 5.41) is 22.0. The molecule has 0 bridgehead atoms. The molecule has 1 heterocycles. The van der Waals surface area contributed by atoms with Crippen LogP contribution in [0.25, 0.3) is 0 Å². The first-order valence-electron chi connectivity index (χ1n) is 22.0. The summed E-state index contributed by atoms with van der Waals surface area (Å²) in [6, 6.07) is 13.9. The lowest BCUT2D eigenvalue weighted by Crippen LogP contribution is -2.59. The summed E-state index contributed by atoms with van der Waals surface area (Å²) in [6.07, 6.45) is 1.47. The molecule has 14 heteroatoms. The van der Waals surface area contributed by atoms with Crippen LogP contribution in [0.3, 0.4) is 0 Å². The fraction of sp³-hybridized carbons (Fsp3) is 0.638. The Balaban J connectivity index is 1.72. The van der Waals surface area contributed by atoms with Crippen LogP contribution in [0.1, 0.15) is 85.3 Å². The van der Waals surface area contributed by atoms with Crippen LogP contribution in [0.15, 0.2) is 54.6 Å². The van der Waals surface area contributed by atoms with E-state index in [1.54, 1.807) is 11.8 Å². The highest BCUT2D eigenvalue weighted by molar-refractivity contribution is 5.90. The van der Waals surface area contributed by atoms with Gasteiger partial charge in [-0.15, -0.1) is 0 Å². The number of carbonyl (C=O) groups is 5. The largest absolute Gasteiger partial charge is 0.480 e. The number of benzene rings is 2. The van der Waals surface area contributed by atoms with Crippen LogP contribution in [-0.2, 0) is 46.3 Å². The number of likely N-dealkylation sites (tertiary alicyclic amines) is 1. The number of rotatable bonds is 25. The number of methoxy groups -OCH3 is 2. The van der Waals surface area contributed by atoms with Crippen LogP contribution in [0, 0.1) is 23.7 Å². The number of nitrogens with zero attached hydrogens (tertiary/aromatic N) is 2. The number of carbonyl (C=O) groups excluding carboxylic acids is 4. The van der Waals surface area contributed by atoms with E-state index in [2.05, 4.69) is 33.4 Å². The lowest BCUT2D eigenvalue weighted by molar-refractivity contribution is -0.145. The summed E-state index contributed by atoms with van der Waals surface area (Å²) < 4.78 is 11.9. The van der Waals surface area contributed by atoms with Crippen molar-refractivity contribution >= 4 is 35.3 Å². The first-order valence-corrected chi connectivity index (χ1v) is 22.0. The number of hydrogen-bond donors (Lipinski definition) is 5. The Hall–Kier alpha value is -4.53. The zero-order valence-electron chi connectivity index (χ0n) is 38.4. The molecule has 2 aromatic carbocycles. The van der Waals surface area contributed by atoms with Crippen LogP contribution in [0.2, 0.25) is 0 Å². The van der Waals surface area contributed by atoms with Gasteiger partial charge in [-0.2, -0.15) is 0 Å². The maximum atomic E-state index is 14.2.